The fraction of sp³-hybridized carbons (Fsp3) is 0.568. The third-order valence-corrected chi connectivity index (χ3v) is 8.78. The van der Waals surface area contributed by atoms with Crippen LogP contribution < -0.4 is 10.6 Å². The zero-order valence-electron chi connectivity index (χ0n) is 27.8. The van der Waals surface area contributed by atoms with Crippen LogP contribution in [0.1, 0.15) is 128 Å². The number of aryl methyl sites for hydroxylation is 2. The van der Waals surface area contributed by atoms with Gasteiger partial charge in [0.15, 0.2) is 0 Å². The molecule has 2 heterocycles. The Balaban J connectivity index is 1.20. The van der Waals surface area contributed by atoms with Crippen LogP contribution in [0.25, 0.3) is 22.1 Å². The number of H-pyrrole nitrogens is 2. The highest BCUT2D eigenvalue weighted by molar-refractivity contribution is 5.93. The zero-order chi connectivity index (χ0) is 31.9. The van der Waals surface area contributed by atoms with Gasteiger partial charge in [0.05, 0.1) is 22.1 Å². The monoisotopic (exact) mass is 614 g/mol. The number of hydrogen-bond donors (Lipinski definition) is 4. The summed E-state index contributed by atoms with van der Waals surface area (Å²) < 4.78 is 0. The Labute approximate surface area is 269 Å². The van der Waals surface area contributed by atoms with Crippen molar-refractivity contribution >= 4 is 45.8 Å². The molecule has 4 rings (SSSR count). The Morgan fingerprint density at radius 3 is 1.69 bits per heavy atom. The number of imidazole rings is 2. The first-order valence-corrected chi connectivity index (χ1v) is 17.5. The van der Waals surface area contributed by atoms with E-state index in [0.717, 1.165) is 47.8 Å². The quantitative estimate of drug-likeness (QED) is 0.0699. The van der Waals surface area contributed by atoms with Crippen molar-refractivity contribution in [1.82, 2.24) is 19.9 Å². The third-order valence-electron chi connectivity index (χ3n) is 8.78. The summed E-state index contributed by atoms with van der Waals surface area (Å²) in [7, 11) is 0. The molecule has 2 amide bonds. The molecule has 2 aromatic heterocycles. The van der Waals surface area contributed by atoms with E-state index in [4.69, 9.17) is 9.97 Å². The Morgan fingerprint density at radius 1 is 0.667 bits per heavy atom. The van der Waals surface area contributed by atoms with E-state index >= 15 is 0 Å². The number of aromatic amines is 2. The average molecular weight is 615 g/mol. The topological polar surface area (TPSA) is 116 Å². The van der Waals surface area contributed by atoms with E-state index in [2.05, 4.69) is 46.6 Å². The summed E-state index contributed by atoms with van der Waals surface area (Å²) in [5, 5.41) is 5.87. The van der Waals surface area contributed by atoms with Gasteiger partial charge in [-0.15, -0.1) is 0 Å². The lowest BCUT2D eigenvalue weighted by molar-refractivity contribution is -0.120. The number of rotatable bonds is 21. The molecule has 45 heavy (non-hydrogen) atoms. The Kier molecular flexibility index (Phi) is 13.9. The van der Waals surface area contributed by atoms with Crippen molar-refractivity contribution in [3.8, 4) is 0 Å². The Bertz CT molecular complexity index is 1490. The summed E-state index contributed by atoms with van der Waals surface area (Å²) in [6.07, 6.45) is 18.6. The van der Waals surface area contributed by atoms with E-state index in [0.29, 0.717) is 31.2 Å². The minimum Gasteiger partial charge on any atom is -0.324 e. The van der Waals surface area contributed by atoms with Crippen LogP contribution >= 0.6 is 0 Å². The number of carbonyl (C=O) groups excluding carboxylic acids is 2. The van der Waals surface area contributed by atoms with Crippen LogP contribution in [-0.2, 0) is 22.4 Å². The number of amides is 2. The fourth-order valence-corrected chi connectivity index (χ4v) is 6.03. The van der Waals surface area contributed by atoms with E-state index < -0.39 is 0 Å². The van der Waals surface area contributed by atoms with E-state index in [1.54, 1.807) is 0 Å². The van der Waals surface area contributed by atoms with Gasteiger partial charge in [-0.3, -0.25) is 20.2 Å². The lowest BCUT2D eigenvalue weighted by Crippen LogP contribution is -2.21. The predicted molar refractivity (Wildman–Crippen MR) is 187 cm³/mol. The third kappa shape index (κ3) is 10.7. The van der Waals surface area contributed by atoms with Gasteiger partial charge >= 0.3 is 0 Å². The van der Waals surface area contributed by atoms with Gasteiger partial charge in [-0.1, -0.05) is 109 Å². The number of aromatic nitrogens is 4. The predicted octanol–water partition coefficient (Wildman–Crippen LogP) is 9.63. The first-order chi connectivity index (χ1) is 22.0. The molecule has 0 radical (unpaired) electrons. The number of nitrogens with one attached hydrogen (secondary N) is 4. The summed E-state index contributed by atoms with van der Waals surface area (Å²) in [4.78, 5) is 41.5. The van der Waals surface area contributed by atoms with Crippen molar-refractivity contribution < 1.29 is 9.59 Å². The molecule has 2 aromatic carbocycles. The minimum absolute atomic E-state index is 0.0953. The van der Waals surface area contributed by atoms with Gasteiger partial charge in [-0.2, -0.15) is 0 Å². The van der Waals surface area contributed by atoms with Gasteiger partial charge in [0.1, 0.15) is 0 Å². The second-order valence-corrected chi connectivity index (χ2v) is 12.7. The van der Waals surface area contributed by atoms with Crippen LogP contribution in [0.15, 0.2) is 36.4 Å². The molecule has 8 heteroatoms. The second kappa shape index (κ2) is 18.3. The first kappa shape index (κ1) is 34.2. The van der Waals surface area contributed by atoms with Gasteiger partial charge in [0.25, 0.3) is 0 Å². The molecule has 0 fully saturated rings. The maximum Gasteiger partial charge on any atom is 0.229 e. The Hall–Kier alpha value is -3.68. The maximum atomic E-state index is 12.9. The molecule has 1 atom stereocenters. The molecule has 0 aliphatic heterocycles. The largest absolute Gasteiger partial charge is 0.324 e. The van der Waals surface area contributed by atoms with Crippen LogP contribution in [0.3, 0.4) is 0 Å². The van der Waals surface area contributed by atoms with E-state index in [9.17, 15) is 9.59 Å². The molecular formula is C37H54N6O2. The van der Waals surface area contributed by atoms with Crippen LogP contribution in [0.5, 0.6) is 0 Å². The molecule has 4 aromatic rings. The summed E-state index contributed by atoms with van der Waals surface area (Å²) in [5.74, 6) is 0.522. The van der Waals surface area contributed by atoms with E-state index in [-0.39, 0.29) is 17.7 Å². The highest BCUT2D eigenvalue weighted by Gasteiger charge is 2.17. The second-order valence-electron chi connectivity index (χ2n) is 12.7. The van der Waals surface area contributed by atoms with Crippen LogP contribution in [-0.4, -0.2) is 31.8 Å². The van der Waals surface area contributed by atoms with Crippen molar-refractivity contribution in [2.75, 3.05) is 10.6 Å². The SMILES string of the molecule is CCCCCCCCc1cccc2[nH]c(NC(=O)CCCC(C)C(=O)Nc3nc4c(CCCCCCCC)cccc4[nH]3)nc12. The van der Waals surface area contributed by atoms with Gasteiger partial charge in [-0.25, -0.2) is 9.97 Å². The number of anilines is 2. The standard InChI is InChI=1S/C37H54N6O2/c1-4-6-8-10-12-14-20-28-22-17-24-30-33(28)41-36(38-30)40-32(44)26-16-19-27(3)35(45)43-37-39-31-25-18-23-29(34(31)42-37)21-15-13-11-9-7-5-2/h17-18,22-25,27H,4-16,19-21,26H2,1-3H3,(H2,38,40,41,44)(H2,39,42,43,45). The number of hydrogen-bond acceptors (Lipinski definition) is 4. The molecule has 1 unspecified atom stereocenters. The molecule has 0 aliphatic carbocycles. The maximum absolute atomic E-state index is 12.9. The summed E-state index contributed by atoms with van der Waals surface area (Å²) in [6, 6.07) is 12.4. The average Bonchev–Trinajstić information content (AvgIpc) is 3.64. The fourth-order valence-electron chi connectivity index (χ4n) is 6.03. The number of nitrogens with zero attached hydrogens (tertiary/aromatic N) is 2. The summed E-state index contributed by atoms with van der Waals surface area (Å²) >= 11 is 0. The molecule has 0 saturated heterocycles. The summed E-state index contributed by atoms with van der Waals surface area (Å²) in [6.45, 7) is 6.37. The van der Waals surface area contributed by atoms with Crippen LogP contribution in [0.2, 0.25) is 0 Å². The number of fused-ring (bicyclic) bond motifs is 2. The highest BCUT2D eigenvalue weighted by atomic mass is 16.2. The molecule has 244 valence electrons. The van der Waals surface area contributed by atoms with Crippen molar-refractivity contribution in [2.45, 2.75) is 130 Å². The summed E-state index contributed by atoms with van der Waals surface area (Å²) in [5.41, 5.74) is 6.20. The molecule has 0 spiro atoms. The number of para-hydroxylation sites is 2. The van der Waals surface area contributed by atoms with Gasteiger partial charge in [-0.05, 0) is 61.8 Å². The Morgan fingerprint density at radius 2 is 1.16 bits per heavy atom. The van der Waals surface area contributed by atoms with Gasteiger partial charge < -0.3 is 9.97 Å². The zero-order valence-corrected chi connectivity index (χ0v) is 27.8. The molecule has 4 N–H and O–H groups in total. The highest BCUT2D eigenvalue weighted by Crippen LogP contribution is 2.23. The molecule has 8 nitrogen and oxygen atoms in total. The van der Waals surface area contributed by atoms with Crippen LogP contribution in [0, 0.1) is 5.92 Å². The smallest absolute Gasteiger partial charge is 0.229 e. The molecule has 0 bridgehead atoms. The number of carbonyl (C=O) groups is 2. The van der Waals surface area contributed by atoms with Crippen molar-refractivity contribution in [3.63, 3.8) is 0 Å². The molecule has 0 aliphatic rings. The number of benzene rings is 2. The van der Waals surface area contributed by atoms with Crippen molar-refractivity contribution in [3.05, 3.63) is 47.5 Å². The van der Waals surface area contributed by atoms with Gasteiger partial charge in [0, 0.05) is 12.3 Å². The number of unbranched alkanes of at least 4 members (excludes halogenated alkanes) is 10. The van der Waals surface area contributed by atoms with Crippen LogP contribution in [0.4, 0.5) is 11.9 Å². The molecule has 0 saturated carbocycles. The lowest BCUT2D eigenvalue weighted by atomic mass is 10.0. The van der Waals surface area contributed by atoms with Gasteiger partial charge in [0.2, 0.25) is 23.7 Å². The van der Waals surface area contributed by atoms with E-state index in [1.807, 2.05) is 31.2 Å². The lowest BCUT2D eigenvalue weighted by Gasteiger charge is -2.10. The first-order valence-electron chi connectivity index (χ1n) is 17.5. The molecular weight excluding hydrogens is 560 g/mol. The minimum atomic E-state index is -0.246. The normalized spacial score (nSPS) is 12.2. The van der Waals surface area contributed by atoms with Crippen molar-refractivity contribution in [1.29, 1.82) is 0 Å². The van der Waals surface area contributed by atoms with E-state index in [1.165, 1.54) is 75.3 Å². The van der Waals surface area contributed by atoms with Crippen molar-refractivity contribution in [2.24, 2.45) is 5.92 Å².